The summed E-state index contributed by atoms with van der Waals surface area (Å²) >= 11 is 0. The molecule has 1 aliphatic rings. The number of carbonyl (C=O) groups excluding carboxylic acids is 3. The number of rotatable bonds is 3. The molecule has 1 aromatic carbocycles. The van der Waals surface area contributed by atoms with Gasteiger partial charge in [0.05, 0.1) is 0 Å². The number of hydrogen-bond donors (Lipinski definition) is 3. The van der Waals surface area contributed by atoms with E-state index in [0.717, 1.165) is 24.8 Å². The van der Waals surface area contributed by atoms with Gasteiger partial charge >= 0.3 is 11.8 Å². The highest BCUT2D eigenvalue weighted by Crippen LogP contribution is 2.18. The standard InChI is InChI=1S/C14H17N3O3/c1-2-9-3-5-10(6-4-9)12(18)16-17-14(20)13(19)15-11-7-8-11/h3-6,11H,2,7-8H2,1H3,(H,15,19)(H,16,18)(H,17,20). The lowest BCUT2D eigenvalue weighted by Crippen LogP contribution is -2.48. The Bertz CT molecular complexity index is 521. The van der Waals surface area contributed by atoms with E-state index in [-0.39, 0.29) is 6.04 Å². The van der Waals surface area contributed by atoms with Crippen LogP contribution in [0.4, 0.5) is 0 Å². The average Bonchev–Trinajstić information content (AvgIpc) is 3.28. The number of hydrazine groups is 1. The molecular formula is C14H17N3O3. The van der Waals surface area contributed by atoms with E-state index in [1.165, 1.54) is 0 Å². The Morgan fingerprint density at radius 2 is 1.70 bits per heavy atom. The highest BCUT2D eigenvalue weighted by atomic mass is 16.2. The van der Waals surface area contributed by atoms with Gasteiger partial charge in [0.15, 0.2) is 0 Å². The van der Waals surface area contributed by atoms with Crippen LogP contribution in [0.5, 0.6) is 0 Å². The maximum Gasteiger partial charge on any atom is 0.327 e. The van der Waals surface area contributed by atoms with Gasteiger partial charge in [0.25, 0.3) is 5.91 Å². The van der Waals surface area contributed by atoms with E-state index in [9.17, 15) is 14.4 Å². The number of hydrogen-bond acceptors (Lipinski definition) is 3. The summed E-state index contributed by atoms with van der Waals surface area (Å²) in [6.07, 6.45) is 2.68. The molecule has 2 rings (SSSR count). The molecule has 1 aromatic rings. The molecule has 0 unspecified atom stereocenters. The molecule has 3 N–H and O–H groups in total. The van der Waals surface area contributed by atoms with Crippen molar-refractivity contribution < 1.29 is 14.4 Å². The van der Waals surface area contributed by atoms with Gasteiger partial charge in [-0.1, -0.05) is 19.1 Å². The second kappa shape index (κ2) is 6.18. The first-order valence-corrected chi connectivity index (χ1v) is 6.60. The smallest absolute Gasteiger partial charge is 0.327 e. The Kier molecular flexibility index (Phi) is 4.34. The number of benzene rings is 1. The highest BCUT2D eigenvalue weighted by Gasteiger charge is 2.26. The summed E-state index contributed by atoms with van der Waals surface area (Å²) in [5.74, 6) is -2.05. The van der Waals surface area contributed by atoms with Gasteiger partial charge in [-0.05, 0) is 37.0 Å². The monoisotopic (exact) mass is 275 g/mol. The van der Waals surface area contributed by atoms with Crippen molar-refractivity contribution in [1.29, 1.82) is 0 Å². The van der Waals surface area contributed by atoms with Gasteiger partial charge in [-0.3, -0.25) is 25.2 Å². The molecule has 0 spiro atoms. The van der Waals surface area contributed by atoms with Crippen LogP contribution in [0.1, 0.15) is 35.7 Å². The molecule has 6 heteroatoms. The van der Waals surface area contributed by atoms with Crippen LogP contribution in [0.25, 0.3) is 0 Å². The first-order chi connectivity index (χ1) is 9.60. The average molecular weight is 275 g/mol. The van der Waals surface area contributed by atoms with E-state index >= 15 is 0 Å². The normalized spacial score (nSPS) is 13.4. The van der Waals surface area contributed by atoms with E-state index in [1.54, 1.807) is 12.1 Å². The van der Waals surface area contributed by atoms with Crippen molar-refractivity contribution in [1.82, 2.24) is 16.2 Å². The number of aryl methyl sites for hydroxylation is 1. The molecule has 1 aliphatic carbocycles. The molecule has 3 amide bonds. The quantitative estimate of drug-likeness (QED) is 0.547. The molecule has 0 bridgehead atoms. The molecule has 0 saturated heterocycles. The third-order valence-corrected chi connectivity index (χ3v) is 3.03. The van der Waals surface area contributed by atoms with E-state index in [4.69, 9.17) is 0 Å². The molecule has 106 valence electrons. The van der Waals surface area contributed by atoms with Gasteiger partial charge in [-0.2, -0.15) is 0 Å². The maximum atomic E-state index is 11.7. The Morgan fingerprint density at radius 3 is 2.25 bits per heavy atom. The Hall–Kier alpha value is -2.37. The molecule has 0 atom stereocenters. The Morgan fingerprint density at radius 1 is 1.05 bits per heavy atom. The summed E-state index contributed by atoms with van der Waals surface area (Å²) in [6, 6.07) is 7.13. The summed E-state index contributed by atoms with van der Waals surface area (Å²) < 4.78 is 0. The van der Waals surface area contributed by atoms with Gasteiger partial charge in [0.1, 0.15) is 0 Å². The van der Waals surface area contributed by atoms with Crippen LogP contribution in [0, 0.1) is 0 Å². The summed E-state index contributed by atoms with van der Waals surface area (Å²) in [5, 5.41) is 2.53. The van der Waals surface area contributed by atoms with Crippen LogP contribution in [0.15, 0.2) is 24.3 Å². The molecule has 0 aromatic heterocycles. The zero-order chi connectivity index (χ0) is 14.5. The molecule has 1 fully saturated rings. The molecule has 1 saturated carbocycles. The predicted octanol–water partition coefficient (Wildman–Crippen LogP) is 0.289. The van der Waals surface area contributed by atoms with Gasteiger partial charge in [-0.25, -0.2) is 0 Å². The first kappa shape index (κ1) is 14.0. The molecule has 0 radical (unpaired) electrons. The van der Waals surface area contributed by atoms with Gasteiger partial charge < -0.3 is 5.32 Å². The fourth-order valence-corrected chi connectivity index (χ4v) is 1.61. The zero-order valence-electron chi connectivity index (χ0n) is 11.2. The first-order valence-electron chi connectivity index (χ1n) is 6.60. The minimum Gasteiger partial charge on any atom is -0.345 e. The summed E-state index contributed by atoms with van der Waals surface area (Å²) in [7, 11) is 0. The van der Waals surface area contributed by atoms with Crippen LogP contribution in [0.2, 0.25) is 0 Å². The topological polar surface area (TPSA) is 87.3 Å². The second-order valence-electron chi connectivity index (χ2n) is 4.71. The summed E-state index contributed by atoms with van der Waals surface area (Å²) in [5.41, 5.74) is 5.84. The summed E-state index contributed by atoms with van der Waals surface area (Å²) in [6.45, 7) is 2.02. The van der Waals surface area contributed by atoms with Crippen LogP contribution >= 0.6 is 0 Å². The second-order valence-corrected chi connectivity index (χ2v) is 4.71. The van der Waals surface area contributed by atoms with E-state index in [1.807, 2.05) is 19.1 Å². The molecular weight excluding hydrogens is 258 g/mol. The molecule has 20 heavy (non-hydrogen) atoms. The lowest BCUT2D eigenvalue weighted by atomic mass is 10.1. The lowest BCUT2D eigenvalue weighted by molar-refractivity contribution is -0.139. The number of carbonyl (C=O) groups is 3. The fraction of sp³-hybridized carbons (Fsp3) is 0.357. The van der Waals surface area contributed by atoms with Crippen molar-refractivity contribution in [2.24, 2.45) is 0 Å². The lowest BCUT2D eigenvalue weighted by Gasteiger charge is -2.07. The van der Waals surface area contributed by atoms with Crippen LogP contribution < -0.4 is 16.2 Å². The van der Waals surface area contributed by atoms with Crippen molar-refractivity contribution in [2.45, 2.75) is 32.2 Å². The zero-order valence-corrected chi connectivity index (χ0v) is 11.2. The maximum absolute atomic E-state index is 11.7. The van der Waals surface area contributed by atoms with Crippen molar-refractivity contribution in [3.8, 4) is 0 Å². The van der Waals surface area contributed by atoms with Gasteiger partial charge in [0, 0.05) is 11.6 Å². The predicted molar refractivity (Wildman–Crippen MR) is 72.6 cm³/mol. The van der Waals surface area contributed by atoms with E-state index in [2.05, 4.69) is 16.2 Å². The van der Waals surface area contributed by atoms with E-state index < -0.39 is 17.7 Å². The molecule has 6 nitrogen and oxygen atoms in total. The van der Waals surface area contributed by atoms with Crippen molar-refractivity contribution in [3.63, 3.8) is 0 Å². The van der Waals surface area contributed by atoms with Crippen LogP contribution in [-0.4, -0.2) is 23.8 Å². The fourth-order valence-electron chi connectivity index (χ4n) is 1.61. The largest absolute Gasteiger partial charge is 0.345 e. The molecule has 0 heterocycles. The van der Waals surface area contributed by atoms with Crippen molar-refractivity contribution in [2.75, 3.05) is 0 Å². The SMILES string of the molecule is CCc1ccc(C(=O)NNC(=O)C(=O)NC2CC2)cc1. The Labute approximate surface area is 116 Å². The van der Waals surface area contributed by atoms with Crippen LogP contribution in [0.3, 0.4) is 0 Å². The van der Waals surface area contributed by atoms with Crippen LogP contribution in [-0.2, 0) is 16.0 Å². The number of amides is 3. The number of nitrogens with one attached hydrogen (secondary N) is 3. The van der Waals surface area contributed by atoms with E-state index in [0.29, 0.717) is 5.56 Å². The third kappa shape index (κ3) is 3.81. The minimum atomic E-state index is -0.865. The highest BCUT2D eigenvalue weighted by molar-refractivity contribution is 6.35. The van der Waals surface area contributed by atoms with Crippen molar-refractivity contribution in [3.05, 3.63) is 35.4 Å². The van der Waals surface area contributed by atoms with Gasteiger partial charge in [-0.15, -0.1) is 0 Å². The van der Waals surface area contributed by atoms with Crippen molar-refractivity contribution >= 4 is 17.7 Å². The third-order valence-electron chi connectivity index (χ3n) is 3.03. The Balaban J connectivity index is 1.81. The van der Waals surface area contributed by atoms with Gasteiger partial charge in [0.2, 0.25) is 0 Å². The minimum absolute atomic E-state index is 0.102. The summed E-state index contributed by atoms with van der Waals surface area (Å²) in [4.78, 5) is 34.5. The molecule has 0 aliphatic heterocycles.